The zero-order valence-corrected chi connectivity index (χ0v) is 9.52. The second-order valence-electron chi connectivity index (χ2n) is 3.38. The fourth-order valence-corrected chi connectivity index (χ4v) is 1.58. The maximum Gasteiger partial charge on any atom is 0.137 e. The fraction of sp³-hybridized carbons (Fsp3) is 0.154. The fourth-order valence-electron chi connectivity index (χ4n) is 1.39. The molecule has 2 rings (SSSR count). The minimum atomic E-state index is 0.619. The van der Waals surface area contributed by atoms with Crippen molar-refractivity contribution in [2.24, 2.45) is 0 Å². The molecule has 3 heteroatoms. The number of nitrogens with zero attached hydrogens (tertiary/aromatic N) is 1. The monoisotopic (exact) mass is 233 g/mol. The van der Waals surface area contributed by atoms with Gasteiger partial charge >= 0.3 is 0 Å². The van der Waals surface area contributed by atoms with E-state index in [-0.39, 0.29) is 0 Å². The summed E-state index contributed by atoms with van der Waals surface area (Å²) in [5.74, 6) is 0.734. The van der Waals surface area contributed by atoms with Crippen LogP contribution in [0.15, 0.2) is 48.8 Å². The van der Waals surface area contributed by atoms with Gasteiger partial charge in [0.2, 0.25) is 0 Å². The highest BCUT2D eigenvalue weighted by Crippen LogP contribution is 2.23. The summed E-state index contributed by atoms with van der Waals surface area (Å²) in [7, 11) is 0. The second kappa shape index (κ2) is 5.52. The summed E-state index contributed by atoms with van der Waals surface area (Å²) >= 11 is 5.97. The molecule has 0 saturated heterocycles. The predicted octanol–water partition coefficient (Wildman–Crippen LogP) is 3.36. The van der Waals surface area contributed by atoms with Crippen LogP contribution in [0, 0.1) is 0 Å². The molecule has 0 radical (unpaired) electrons. The van der Waals surface area contributed by atoms with Gasteiger partial charge in [0.15, 0.2) is 0 Å². The predicted molar refractivity (Wildman–Crippen MR) is 64.9 cm³/mol. The third-order valence-electron chi connectivity index (χ3n) is 2.23. The highest BCUT2D eigenvalue weighted by molar-refractivity contribution is 6.32. The van der Waals surface area contributed by atoms with Gasteiger partial charge in [-0.2, -0.15) is 0 Å². The van der Waals surface area contributed by atoms with Crippen molar-refractivity contribution in [3.8, 4) is 5.75 Å². The number of rotatable bonds is 4. The van der Waals surface area contributed by atoms with Crippen LogP contribution in [-0.4, -0.2) is 11.6 Å². The highest BCUT2D eigenvalue weighted by atomic mass is 35.5. The first-order chi connectivity index (χ1) is 7.86. The van der Waals surface area contributed by atoms with Gasteiger partial charge in [-0.1, -0.05) is 23.7 Å². The third kappa shape index (κ3) is 2.97. The second-order valence-corrected chi connectivity index (χ2v) is 3.79. The van der Waals surface area contributed by atoms with Crippen LogP contribution in [0.2, 0.25) is 5.02 Å². The largest absolute Gasteiger partial charge is 0.492 e. The minimum absolute atomic E-state index is 0.619. The van der Waals surface area contributed by atoms with Crippen molar-refractivity contribution in [1.82, 2.24) is 4.98 Å². The number of benzene rings is 1. The van der Waals surface area contributed by atoms with Crippen LogP contribution in [0.25, 0.3) is 0 Å². The molecule has 0 N–H and O–H groups in total. The molecule has 1 heterocycles. The van der Waals surface area contributed by atoms with Crippen LogP contribution in [0.1, 0.15) is 5.56 Å². The average molecular weight is 234 g/mol. The molecule has 2 nitrogen and oxygen atoms in total. The van der Waals surface area contributed by atoms with Crippen LogP contribution < -0.4 is 4.74 Å². The van der Waals surface area contributed by atoms with Crippen molar-refractivity contribution in [2.45, 2.75) is 6.42 Å². The standard InChI is InChI=1S/C13H12ClNO/c14-12-3-1-2-4-13(12)16-10-7-11-5-8-15-9-6-11/h1-6,8-9H,7,10H2. The van der Waals surface area contributed by atoms with Gasteiger partial charge < -0.3 is 4.74 Å². The van der Waals surface area contributed by atoms with E-state index in [0.29, 0.717) is 11.6 Å². The van der Waals surface area contributed by atoms with Crippen molar-refractivity contribution in [1.29, 1.82) is 0 Å². The SMILES string of the molecule is Clc1ccccc1OCCc1ccncc1. The van der Waals surface area contributed by atoms with Crippen molar-refractivity contribution in [3.63, 3.8) is 0 Å². The molecule has 0 amide bonds. The first-order valence-corrected chi connectivity index (χ1v) is 5.50. The van der Waals surface area contributed by atoms with Crippen molar-refractivity contribution >= 4 is 11.6 Å². The molecule has 0 unspecified atom stereocenters. The lowest BCUT2D eigenvalue weighted by molar-refractivity contribution is 0.322. The Morgan fingerprint density at radius 3 is 2.56 bits per heavy atom. The average Bonchev–Trinajstić information content (AvgIpc) is 2.33. The van der Waals surface area contributed by atoms with Gasteiger partial charge in [-0.3, -0.25) is 4.98 Å². The first kappa shape index (κ1) is 11.0. The molecule has 0 fully saturated rings. The zero-order chi connectivity index (χ0) is 11.2. The van der Waals surface area contributed by atoms with Gasteiger partial charge in [0.1, 0.15) is 5.75 Å². The summed E-state index contributed by atoms with van der Waals surface area (Å²) in [5, 5.41) is 0.650. The Morgan fingerprint density at radius 2 is 1.81 bits per heavy atom. The van der Waals surface area contributed by atoms with Gasteiger partial charge in [0.05, 0.1) is 11.6 Å². The Labute approximate surface area is 99.9 Å². The lowest BCUT2D eigenvalue weighted by Gasteiger charge is -2.07. The summed E-state index contributed by atoms with van der Waals surface area (Å²) in [5.41, 5.74) is 1.21. The molecule has 0 saturated carbocycles. The smallest absolute Gasteiger partial charge is 0.137 e. The quantitative estimate of drug-likeness (QED) is 0.808. The number of hydrogen-bond donors (Lipinski definition) is 0. The molecular formula is C13H12ClNO. The number of halogens is 1. The molecule has 0 spiro atoms. The lowest BCUT2D eigenvalue weighted by atomic mass is 10.2. The molecule has 1 aromatic carbocycles. The van der Waals surface area contributed by atoms with Gasteiger partial charge in [-0.15, -0.1) is 0 Å². The van der Waals surface area contributed by atoms with Crippen LogP contribution in [-0.2, 0) is 6.42 Å². The van der Waals surface area contributed by atoms with E-state index < -0.39 is 0 Å². The maximum atomic E-state index is 5.97. The minimum Gasteiger partial charge on any atom is -0.492 e. The number of hydrogen-bond acceptors (Lipinski definition) is 2. The first-order valence-electron chi connectivity index (χ1n) is 5.12. The molecule has 0 aliphatic rings. The van der Waals surface area contributed by atoms with Crippen molar-refractivity contribution in [2.75, 3.05) is 6.61 Å². The number of aromatic nitrogens is 1. The Bertz CT molecular complexity index is 445. The van der Waals surface area contributed by atoms with Gasteiger partial charge in [-0.05, 0) is 29.8 Å². The molecule has 82 valence electrons. The molecule has 16 heavy (non-hydrogen) atoms. The summed E-state index contributed by atoms with van der Waals surface area (Å²) in [6.07, 6.45) is 4.42. The molecule has 0 bridgehead atoms. The van der Waals surface area contributed by atoms with E-state index in [9.17, 15) is 0 Å². The van der Waals surface area contributed by atoms with Crippen LogP contribution >= 0.6 is 11.6 Å². The third-order valence-corrected chi connectivity index (χ3v) is 2.55. The van der Waals surface area contributed by atoms with E-state index in [1.54, 1.807) is 12.4 Å². The van der Waals surface area contributed by atoms with Crippen molar-refractivity contribution < 1.29 is 4.74 Å². The van der Waals surface area contributed by atoms with E-state index >= 15 is 0 Å². The van der Waals surface area contributed by atoms with E-state index in [0.717, 1.165) is 12.2 Å². The highest BCUT2D eigenvalue weighted by Gasteiger charge is 1.99. The lowest BCUT2D eigenvalue weighted by Crippen LogP contribution is -2.01. The summed E-state index contributed by atoms with van der Waals surface area (Å²) in [6.45, 7) is 0.619. The van der Waals surface area contributed by atoms with Crippen LogP contribution in [0.5, 0.6) is 5.75 Å². The molecule has 0 aliphatic carbocycles. The van der Waals surface area contributed by atoms with Crippen molar-refractivity contribution in [3.05, 3.63) is 59.4 Å². The Hall–Kier alpha value is -1.54. The molecular weight excluding hydrogens is 222 g/mol. The maximum absolute atomic E-state index is 5.97. The van der Waals surface area contributed by atoms with Crippen LogP contribution in [0.3, 0.4) is 0 Å². The topological polar surface area (TPSA) is 22.1 Å². The summed E-state index contributed by atoms with van der Waals surface area (Å²) in [4.78, 5) is 3.96. The molecule has 0 aliphatic heterocycles. The Kier molecular flexibility index (Phi) is 3.78. The Morgan fingerprint density at radius 1 is 1.06 bits per heavy atom. The van der Waals surface area contributed by atoms with E-state index in [2.05, 4.69) is 4.98 Å². The number of para-hydroxylation sites is 1. The normalized spacial score (nSPS) is 10.1. The van der Waals surface area contributed by atoms with E-state index in [4.69, 9.17) is 16.3 Å². The molecule has 1 aromatic heterocycles. The Balaban J connectivity index is 1.87. The molecule has 0 atom stereocenters. The van der Waals surface area contributed by atoms with Gasteiger partial charge in [0.25, 0.3) is 0 Å². The number of ether oxygens (including phenoxy) is 1. The van der Waals surface area contributed by atoms with Gasteiger partial charge in [0, 0.05) is 18.8 Å². The summed E-state index contributed by atoms with van der Waals surface area (Å²) < 4.78 is 5.59. The van der Waals surface area contributed by atoms with E-state index in [1.807, 2.05) is 36.4 Å². The molecule has 2 aromatic rings. The zero-order valence-electron chi connectivity index (χ0n) is 8.77. The van der Waals surface area contributed by atoms with Crippen LogP contribution in [0.4, 0.5) is 0 Å². The van der Waals surface area contributed by atoms with E-state index in [1.165, 1.54) is 5.56 Å². The number of pyridine rings is 1. The summed E-state index contributed by atoms with van der Waals surface area (Å²) in [6, 6.07) is 11.5. The van der Waals surface area contributed by atoms with Gasteiger partial charge in [-0.25, -0.2) is 0 Å².